The van der Waals surface area contributed by atoms with E-state index < -0.39 is 0 Å². The first-order chi connectivity index (χ1) is 12.4. The molecule has 2 fully saturated rings. The Morgan fingerprint density at radius 3 is 2.76 bits per heavy atom. The Balaban J connectivity index is 1.53. The van der Waals surface area contributed by atoms with Crippen LogP contribution in [0.25, 0.3) is 0 Å². The van der Waals surface area contributed by atoms with E-state index in [2.05, 4.69) is 27.4 Å². The number of hydrogen-bond acceptors (Lipinski definition) is 4. The van der Waals surface area contributed by atoms with Crippen molar-refractivity contribution in [1.29, 1.82) is 0 Å². The number of nitrogens with one attached hydrogen (secondary N) is 2. The quantitative estimate of drug-likeness (QED) is 0.356. The monoisotopic (exact) mass is 354 g/mol. The minimum absolute atomic E-state index is 0.599. The molecule has 1 atom stereocenters. The van der Waals surface area contributed by atoms with Crippen LogP contribution in [0.1, 0.15) is 45.4 Å². The fourth-order valence-electron chi connectivity index (χ4n) is 3.36. The van der Waals surface area contributed by atoms with Crippen molar-refractivity contribution in [3.63, 3.8) is 0 Å². The van der Waals surface area contributed by atoms with Crippen LogP contribution in [0.2, 0.25) is 0 Å². The average Bonchev–Trinajstić information content (AvgIpc) is 3.00. The molecule has 2 aliphatic rings. The lowest BCUT2D eigenvalue weighted by Gasteiger charge is -2.20. The molecule has 25 heavy (non-hydrogen) atoms. The van der Waals surface area contributed by atoms with E-state index in [1.165, 1.54) is 38.8 Å². The zero-order valence-electron chi connectivity index (χ0n) is 16.1. The second-order valence-corrected chi connectivity index (χ2v) is 7.10. The number of hydrogen-bond donors (Lipinski definition) is 2. The van der Waals surface area contributed by atoms with Gasteiger partial charge in [0.15, 0.2) is 5.96 Å². The highest BCUT2D eigenvalue weighted by atomic mass is 16.5. The summed E-state index contributed by atoms with van der Waals surface area (Å²) in [6.45, 7) is 11.8. The molecular weight excluding hydrogens is 316 g/mol. The van der Waals surface area contributed by atoms with Crippen LogP contribution in [-0.2, 0) is 9.47 Å². The highest BCUT2D eigenvalue weighted by Crippen LogP contribution is 2.12. The Labute approximate surface area is 153 Å². The summed E-state index contributed by atoms with van der Waals surface area (Å²) in [5.74, 6) is 1.53. The fraction of sp³-hybridized carbons (Fsp3) is 0.947. The highest BCUT2D eigenvalue weighted by Gasteiger charge is 2.15. The van der Waals surface area contributed by atoms with Crippen molar-refractivity contribution in [3.8, 4) is 0 Å². The molecule has 6 nitrogen and oxygen atoms in total. The van der Waals surface area contributed by atoms with E-state index in [4.69, 9.17) is 9.47 Å². The van der Waals surface area contributed by atoms with Crippen LogP contribution in [-0.4, -0.2) is 76.6 Å². The van der Waals surface area contributed by atoms with Crippen molar-refractivity contribution in [2.45, 2.75) is 45.4 Å². The molecule has 2 aliphatic heterocycles. The van der Waals surface area contributed by atoms with E-state index in [9.17, 15) is 0 Å². The second kappa shape index (κ2) is 13.4. The number of nitrogens with zero attached hydrogens (tertiary/aromatic N) is 2. The molecule has 0 saturated carbocycles. The SMILES string of the molecule is CCNC(=NCCCOCC1CCOC1)NCCN1CCCCCC1. The van der Waals surface area contributed by atoms with Crippen LogP contribution in [0.15, 0.2) is 4.99 Å². The van der Waals surface area contributed by atoms with Crippen molar-refractivity contribution >= 4 is 5.96 Å². The van der Waals surface area contributed by atoms with Gasteiger partial charge in [-0.15, -0.1) is 0 Å². The summed E-state index contributed by atoms with van der Waals surface area (Å²) in [5.41, 5.74) is 0. The van der Waals surface area contributed by atoms with E-state index in [0.29, 0.717) is 5.92 Å². The van der Waals surface area contributed by atoms with Crippen molar-refractivity contribution in [3.05, 3.63) is 0 Å². The van der Waals surface area contributed by atoms with Gasteiger partial charge in [0.1, 0.15) is 0 Å². The van der Waals surface area contributed by atoms with Crippen molar-refractivity contribution in [2.24, 2.45) is 10.9 Å². The molecule has 0 aromatic heterocycles. The zero-order chi connectivity index (χ0) is 17.6. The van der Waals surface area contributed by atoms with Gasteiger partial charge in [-0.05, 0) is 45.7 Å². The van der Waals surface area contributed by atoms with Gasteiger partial charge in [-0.3, -0.25) is 4.99 Å². The summed E-state index contributed by atoms with van der Waals surface area (Å²) in [6.07, 6.45) is 7.59. The largest absolute Gasteiger partial charge is 0.381 e. The second-order valence-electron chi connectivity index (χ2n) is 7.10. The molecule has 2 heterocycles. The topological polar surface area (TPSA) is 58.1 Å². The first-order valence-electron chi connectivity index (χ1n) is 10.3. The van der Waals surface area contributed by atoms with Gasteiger partial charge in [0.25, 0.3) is 0 Å². The summed E-state index contributed by atoms with van der Waals surface area (Å²) in [7, 11) is 0. The minimum Gasteiger partial charge on any atom is -0.381 e. The summed E-state index contributed by atoms with van der Waals surface area (Å²) < 4.78 is 11.1. The van der Waals surface area contributed by atoms with E-state index in [0.717, 1.165) is 71.4 Å². The normalized spacial score (nSPS) is 22.8. The molecule has 6 heteroatoms. The lowest BCUT2D eigenvalue weighted by molar-refractivity contribution is 0.0893. The van der Waals surface area contributed by atoms with Crippen molar-refractivity contribution < 1.29 is 9.47 Å². The first-order valence-corrected chi connectivity index (χ1v) is 10.3. The summed E-state index contributed by atoms with van der Waals surface area (Å²) in [6, 6.07) is 0. The van der Waals surface area contributed by atoms with E-state index in [1.54, 1.807) is 0 Å². The third kappa shape index (κ3) is 9.42. The first kappa shape index (κ1) is 20.5. The number of rotatable bonds is 10. The predicted molar refractivity (Wildman–Crippen MR) is 103 cm³/mol. The van der Waals surface area contributed by atoms with Gasteiger partial charge >= 0.3 is 0 Å². The molecule has 0 aliphatic carbocycles. The third-order valence-electron chi connectivity index (χ3n) is 4.86. The predicted octanol–water partition coefficient (Wildman–Crippen LogP) is 1.86. The van der Waals surface area contributed by atoms with Gasteiger partial charge in [0, 0.05) is 45.3 Å². The summed E-state index contributed by atoms with van der Waals surface area (Å²) in [5, 5.41) is 6.80. The van der Waals surface area contributed by atoms with Crippen LogP contribution in [0.3, 0.4) is 0 Å². The Hall–Kier alpha value is -0.850. The molecule has 2 rings (SSSR count). The molecule has 1 unspecified atom stereocenters. The van der Waals surface area contributed by atoms with Gasteiger partial charge in [-0.25, -0.2) is 0 Å². The summed E-state index contributed by atoms with van der Waals surface area (Å²) >= 11 is 0. The van der Waals surface area contributed by atoms with Crippen LogP contribution in [0, 0.1) is 5.92 Å². The lowest BCUT2D eigenvalue weighted by Crippen LogP contribution is -2.42. The van der Waals surface area contributed by atoms with E-state index >= 15 is 0 Å². The van der Waals surface area contributed by atoms with Crippen LogP contribution in [0.4, 0.5) is 0 Å². The Morgan fingerprint density at radius 1 is 1.20 bits per heavy atom. The van der Waals surface area contributed by atoms with Gasteiger partial charge in [-0.2, -0.15) is 0 Å². The molecular formula is C19H38N4O2. The highest BCUT2D eigenvalue weighted by molar-refractivity contribution is 5.79. The maximum atomic E-state index is 5.73. The van der Waals surface area contributed by atoms with Gasteiger partial charge in [0.2, 0.25) is 0 Å². The maximum Gasteiger partial charge on any atom is 0.191 e. The number of guanidine groups is 1. The molecule has 0 aromatic rings. The Kier molecular flexibility index (Phi) is 10.9. The molecule has 0 spiro atoms. The van der Waals surface area contributed by atoms with Crippen LogP contribution in [0.5, 0.6) is 0 Å². The smallest absolute Gasteiger partial charge is 0.191 e. The van der Waals surface area contributed by atoms with E-state index in [-0.39, 0.29) is 0 Å². The standard InChI is InChI=1S/C19H38N4O2/c1-2-20-19(22-10-13-23-11-5-3-4-6-12-23)21-9-7-14-24-16-18-8-15-25-17-18/h18H,2-17H2,1H3,(H2,20,21,22). The molecule has 2 saturated heterocycles. The lowest BCUT2D eigenvalue weighted by atomic mass is 10.1. The van der Waals surface area contributed by atoms with E-state index in [1.807, 2.05) is 0 Å². The zero-order valence-corrected chi connectivity index (χ0v) is 16.1. The van der Waals surface area contributed by atoms with Gasteiger partial charge < -0.3 is 25.0 Å². The molecule has 0 amide bonds. The molecule has 0 radical (unpaired) electrons. The number of aliphatic imine (C=N–C) groups is 1. The van der Waals surface area contributed by atoms with Crippen LogP contribution < -0.4 is 10.6 Å². The van der Waals surface area contributed by atoms with Gasteiger partial charge in [-0.1, -0.05) is 12.8 Å². The minimum atomic E-state index is 0.599. The maximum absolute atomic E-state index is 5.73. The summed E-state index contributed by atoms with van der Waals surface area (Å²) in [4.78, 5) is 7.23. The Morgan fingerprint density at radius 2 is 2.04 bits per heavy atom. The van der Waals surface area contributed by atoms with Gasteiger partial charge in [0.05, 0.1) is 13.2 Å². The third-order valence-corrected chi connectivity index (χ3v) is 4.86. The van der Waals surface area contributed by atoms with Crippen molar-refractivity contribution in [2.75, 3.05) is 65.7 Å². The number of likely N-dealkylation sites (tertiary alicyclic amines) is 1. The molecule has 146 valence electrons. The average molecular weight is 355 g/mol. The molecule has 0 aromatic carbocycles. The van der Waals surface area contributed by atoms with Crippen LogP contribution >= 0.6 is 0 Å². The molecule has 2 N–H and O–H groups in total. The molecule has 0 bridgehead atoms. The van der Waals surface area contributed by atoms with Crippen molar-refractivity contribution in [1.82, 2.24) is 15.5 Å². The number of ether oxygens (including phenoxy) is 2. The Bertz CT molecular complexity index is 351. The fourth-order valence-corrected chi connectivity index (χ4v) is 3.36.